The molecule has 3 rings (SSSR count). The molecule has 2 aromatic rings. The van der Waals surface area contributed by atoms with Crippen LogP contribution >= 0.6 is 0 Å². The smallest absolute Gasteiger partial charge is 0.295 e. The summed E-state index contributed by atoms with van der Waals surface area (Å²) in [5.41, 5.74) is 0.953. The molecular weight excluding hydrogens is 436 g/mol. The van der Waals surface area contributed by atoms with Crippen LogP contribution in [0.5, 0.6) is 17.2 Å². The van der Waals surface area contributed by atoms with Crippen LogP contribution in [-0.2, 0) is 9.59 Å². The van der Waals surface area contributed by atoms with E-state index in [0.29, 0.717) is 48.1 Å². The Morgan fingerprint density at radius 2 is 1.82 bits per heavy atom. The average Bonchev–Trinajstić information content (AvgIpc) is 3.09. The van der Waals surface area contributed by atoms with Crippen LogP contribution in [0.25, 0.3) is 5.76 Å². The van der Waals surface area contributed by atoms with Crippen molar-refractivity contribution >= 4 is 17.4 Å². The molecule has 1 unspecified atom stereocenters. The molecule has 0 radical (unpaired) electrons. The van der Waals surface area contributed by atoms with Crippen molar-refractivity contribution in [3.05, 3.63) is 59.2 Å². The van der Waals surface area contributed by atoms with E-state index in [1.807, 2.05) is 25.9 Å². The molecular formula is C26H32N2O6. The molecule has 8 nitrogen and oxygen atoms in total. The molecule has 1 N–H and O–H groups in total. The number of likely N-dealkylation sites (N-methyl/N-ethyl adjacent to an activating group) is 1. The first-order valence-electron chi connectivity index (χ1n) is 11.2. The first-order valence-corrected chi connectivity index (χ1v) is 11.2. The van der Waals surface area contributed by atoms with Gasteiger partial charge in [-0.1, -0.05) is 31.2 Å². The number of methoxy groups -OCH3 is 2. The molecule has 8 heteroatoms. The fraction of sp³-hybridized carbons (Fsp3) is 0.385. The summed E-state index contributed by atoms with van der Waals surface area (Å²) in [5, 5.41) is 11.3. The van der Waals surface area contributed by atoms with Crippen molar-refractivity contribution in [3.8, 4) is 17.2 Å². The lowest BCUT2D eigenvalue weighted by molar-refractivity contribution is -0.140. The summed E-state index contributed by atoms with van der Waals surface area (Å²) < 4.78 is 16.7. The summed E-state index contributed by atoms with van der Waals surface area (Å²) in [5.74, 6) is -0.237. The van der Waals surface area contributed by atoms with Crippen molar-refractivity contribution in [3.63, 3.8) is 0 Å². The Bertz CT molecular complexity index is 1080. The second-order valence-electron chi connectivity index (χ2n) is 8.25. The van der Waals surface area contributed by atoms with Gasteiger partial charge in [-0.3, -0.25) is 9.59 Å². The third-order valence-electron chi connectivity index (χ3n) is 5.64. The summed E-state index contributed by atoms with van der Waals surface area (Å²) in [6.07, 6.45) is 0.836. The van der Waals surface area contributed by atoms with Crippen molar-refractivity contribution in [2.24, 2.45) is 0 Å². The number of para-hydroxylation sites is 1. The van der Waals surface area contributed by atoms with E-state index >= 15 is 0 Å². The standard InChI is InChI=1S/C26H32N2O6/c1-6-15-34-18-10-7-9-17(16-18)23(29)21-22(19-11-8-12-20(32-4)25(19)33-5)28(14-13-27(2)3)26(31)24(21)30/h7-12,16,22,29H,6,13-15H2,1-5H3/b23-21+. The number of benzene rings is 2. The third-order valence-corrected chi connectivity index (χ3v) is 5.64. The molecule has 1 amide bonds. The minimum atomic E-state index is -0.842. The molecule has 0 saturated carbocycles. The minimum absolute atomic E-state index is 0.00273. The quantitative estimate of drug-likeness (QED) is 0.324. The van der Waals surface area contributed by atoms with Crippen molar-refractivity contribution in [2.45, 2.75) is 19.4 Å². The lowest BCUT2D eigenvalue weighted by Crippen LogP contribution is -2.35. The van der Waals surface area contributed by atoms with E-state index in [2.05, 4.69) is 0 Å². The Kier molecular flexibility index (Phi) is 8.17. The first-order chi connectivity index (χ1) is 16.3. The van der Waals surface area contributed by atoms with Crippen molar-refractivity contribution in [2.75, 3.05) is 48.0 Å². The topological polar surface area (TPSA) is 88.5 Å². The van der Waals surface area contributed by atoms with Crippen molar-refractivity contribution in [1.29, 1.82) is 0 Å². The van der Waals surface area contributed by atoms with E-state index < -0.39 is 17.7 Å². The number of ether oxygens (including phenoxy) is 3. The Morgan fingerprint density at radius 3 is 2.47 bits per heavy atom. The highest BCUT2D eigenvalue weighted by atomic mass is 16.5. The van der Waals surface area contributed by atoms with E-state index in [1.165, 1.54) is 19.1 Å². The average molecular weight is 469 g/mol. The van der Waals surface area contributed by atoms with E-state index in [4.69, 9.17) is 14.2 Å². The van der Waals surface area contributed by atoms with E-state index in [1.54, 1.807) is 42.5 Å². The lowest BCUT2D eigenvalue weighted by atomic mass is 9.94. The zero-order chi connectivity index (χ0) is 24.8. The highest BCUT2D eigenvalue weighted by molar-refractivity contribution is 6.46. The van der Waals surface area contributed by atoms with Crippen LogP contribution in [0.1, 0.15) is 30.5 Å². The highest BCUT2D eigenvalue weighted by Gasteiger charge is 2.47. The zero-order valence-electron chi connectivity index (χ0n) is 20.3. The fourth-order valence-corrected chi connectivity index (χ4v) is 3.98. The van der Waals surface area contributed by atoms with E-state index in [9.17, 15) is 14.7 Å². The molecule has 1 atom stereocenters. The number of amides is 1. The van der Waals surface area contributed by atoms with E-state index in [-0.39, 0.29) is 11.3 Å². The number of aliphatic hydroxyl groups is 1. The Morgan fingerprint density at radius 1 is 1.09 bits per heavy atom. The zero-order valence-corrected chi connectivity index (χ0v) is 20.3. The molecule has 1 saturated heterocycles. The van der Waals surface area contributed by atoms with Gasteiger partial charge in [-0.15, -0.1) is 0 Å². The molecule has 0 aromatic heterocycles. The predicted molar refractivity (Wildman–Crippen MR) is 129 cm³/mol. The van der Waals surface area contributed by atoms with E-state index in [0.717, 1.165) is 6.42 Å². The van der Waals surface area contributed by atoms with Gasteiger partial charge in [-0.2, -0.15) is 0 Å². The van der Waals surface area contributed by atoms with Crippen LogP contribution in [0.4, 0.5) is 0 Å². The summed E-state index contributed by atoms with van der Waals surface area (Å²) in [6, 6.07) is 11.3. The van der Waals surface area contributed by atoms with Gasteiger partial charge in [-0.05, 0) is 38.7 Å². The van der Waals surface area contributed by atoms with Gasteiger partial charge in [0, 0.05) is 24.2 Å². The van der Waals surface area contributed by atoms with Gasteiger partial charge in [0.15, 0.2) is 11.5 Å². The summed E-state index contributed by atoms with van der Waals surface area (Å²) >= 11 is 0. The number of ketones is 1. The van der Waals surface area contributed by atoms with Crippen LogP contribution in [0.3, 0.4) is 0 Å². The molecule has 182 valence electrons. The van der Waals surface area contributed by atoms with Crippen LogP contribution in [-0.4, -0.2) is 74.6 Å². The molecule has 1 fully saturated rings. The highest BCUT2D eigenvalue weighted by Crippen LogP contribution is 2.45. The number of aliphatic hydroxyl groups excluding tert-OH is 1. The minimum Gasteiger partial charge on any atom is -0.507 e. The van der Waals surface area contributed by atoms with Gasteiger partial charge in [0.2, 0.25) is 0 Å². The van der Waals surface area contributed by atoms with Gasteiger partial charge >= 0.3 is 0 Å². The van der Waals surface area contributed by atoms with Crippen LogP contribution in [0.2, 0.25) is 0 Å². The summed E-state index contributed by atoms with van der Waals surface area (Å²) in [4.78, 5) is 29.8. The van der Waals surface area contributed by atoms with Crippen molar-refractivity contribution in [1.82, 2.24) is 9.80 Å². The predicted octanol–water partition coefficient (Wildman–Crippen LogP) is 3.48. The number of carbonyl (C=O) groups excluding carboxylic acids is 2. The number of likely N-dealkylation sites (tertiary alicyclic amines) is 1. The third kappa shape index (κ3) is 5.02. The van der Waals surface area contributed by atoms with Crippen LogP contribution in [0, 0.1) is 0 Å². The van der Waals surface area contributed by atoms with Crippen LogP contribution in [0.15, 0.2) is 48.0 Å². The number of hydrogen-bond donors (Lipinski definition) is 1. The summed E-state index contributed by atoms with van der Waals surface area (Å²) in [7, 11) is 6.80. The Balaban J connectivity index is 2.20. The Hall–Kier alpha value is -3.52. The van der Waals surface area contributed by atoms with Crippen molar-refractivity contribution < 1.29 is 28.9 Å². The molecule has 0 bridgehead atoms. The number of carbonyl (C=O) groups is 2. The Labute approximate surface area is 200 Å². The normalized spacial score (nSPS) is 17.4. The SMILES string of the molecule is CCCOc1cccc(/C(O)=C2\C(=O)C(=O)N(CCN(C)C)C2c2cccc(OC)c2OC)c1. The largest absolute Gasteiger partial charge is 0.507 e. The number of Topliss-reactive ketones (excluding diaryl/α,β-unsaturated/α-hetero) is 1. The monoisotopic (exact) mass is 468 g/mol. The van der Waals surface area contributed by atoms with Crippen LogP contribution < -0.4 is 14.2 Å². The molecule has 0 spiro atoms. The maximum atomic E-state index is 13.2. The fourth-order valence-electron chi connectivity index (χ4n) is 3.98. The molecule has 34 heavy (non-hydrogen) atoms. The summed E-state index contributed by atoms with van der Waals surface area (Å²) in [6.45, 7) is 3.36. The second-order valence-corrected chi connectivity index (χ2v) is 8.25. The molecule has 2 aromatic carbocycles. The van der Waals surface area contributed by atoms with Gasteiger partial charge in [0.05, 0.1) is 32.4 Å². The molecule has 1 aliphatic rings. The van der Waals surface area contributed by atoms with Gasteiger partial charge in [0.1, 0.15) is 11.5 Å². The van der Waals surface area contributed by atoms with Gasteiger partial charge < -0.3 is 29.1 Å². The molecule has 1 heterocycles. The second kappa shape index (κ2) is 11.1. The first kappa shape index (κ1) is 25.1. The number of hydrogen-bond acceptors (Lipinski definition) is 7. The van der Waals surface area contributed by atoms with Gasteiger partial charge in [0.25, 0.3) is 11.7 Å². The maximum Gasteiger partial charge on any atom is 0.295 e. The van der Waals surface area contributed by atoms with Gasteiger partial charge in [-0.25, -0.2) is 0 Å². The lowest BCUT2D eigenvalue weighted by Gasteiger charge is -2.28. The number of rotatable bonds is 10. The maximum absolute atomic E-state index is 13.2. The molecule has 1 aliphatic heterocycles. The number of nitrogens with zero attached hydrogens (tertiary/aromatic N) is 2. The molecule has 0 aliphatic carbocycles.